The molecule has 1 fully saturated rings. The summed E-state index contributed by atoms with van der Waals surface area (Å²) in [5.41, 5.74) is 6.15. The van der Waals surface area contributed by atoms with Gasteiger partial charge in [0, 0.05) is 25.2 Å². The van der Waals surface area contributed by atoms with Gasteiger partial charge in [0.25, 0.3) is 0 Å². The SMILES string of the molecule is C(=C1\c2ccccc2COc2ccccc21)/C1CN(Cc2ccccc2)CCO1. The number of benzene rings is 3. The van der Waals surface area contributed by atoms with Crippen LogP contribution in [0.5, 0.6) is 5.75 Å². The van der Waals surface area contributed by atoms with Crippen molar-refractivity contribution < 1.29 is 9.47 Å². The number of nitrogens with zero attached hydrogens (tertiary/aromatic N) is 1. The van der Waals surface area contributed by atoms with Crippen molar-refractivity contribution in [3.8, 4) is 5.75 Å². The molecular formula is C26H25NO2. The van der Waals surface area contributed by atoms with Gasteiger partial charge in [0.15, 0.2) is 0 Å². The Morgan fingerprint density at radius 2 is 1.62 bits per heavy atom. The fourth-order valence-electron chi connectivity index (χ4n) is 4.21. The summed E-state index contributed by atoms with van der Waals surface area (Å²) in [6.45, 7) is 4.16. The van der Waals surface area contributed by atoms with Crippen molar-refractivity contribution in [2.45, 2.75) is 19.3 Å². The van der Waals surface area contributed by atoms with E-state index >= 15 is 0 Å². The lowest BCUT2D eigenvalue weighted by atomic mass is 9.93. The van der Waals surface area contributed by atoms with Gasteiger partial charge in [-0.1, -0.05) is 72.8 Å². The molecule has 0 saturated carbocycles. The molecule has 0 bridgehead atoms. The van der Waals surface area contributed by atoms with Crippen molar-refractivity contribution >= 4 is 5.57 Å². The standard InChI is InChI=1S/C26H25NO2/c1-2-8-20(9-3-1)17-27-14-15-28-22(18-27)16-25-23-11-5-4-10-21(23)19-29-26-13-7-6-12-24(25)26/h1-13,16,22H,14-15,17-19H2/b25-16-. The smallest absolute Gasteiger partial charge is 0.127 e. The van der Waals surface area contributed by atoms with Gasteiger partial charge >= 0.3 is 0 Å². The molecule has 0 radical (unpaired) electrons. The predicted octanol–water partition coefficient (Wildman–Crippen LogP) is 4.91. The lowest BCUT2D eigenvalue weighted by Gasteiger charge is -2.32. The quantitative estimate of drug-likeness (QED) is 0.641. The maximum absolute atomic E-state index is 6.16. The highest BCUT2D eigenvalue weighted by molar-refractivity contribution is 5.85. The first kappa shape index (κ1) is 18.2. The largest absolute Gasteiger partial charge is 0.488 e. The van der Waals surface area contributed by atoms with Crippen molar-refractivity contribution in [3.05, 3.63) is 107 Å². The van der Waals surface area contributed by atoms with Gasteiger partial charge in [-0.2, -0.15) is 0 Å². The Balaban J connectivity index is 1.46. The summed E-state index contributed by atoms with van der Waals surface area (Å²) in [4.78, 5) is 2.48. The Morgan fingerprint density at radius 3 is 2.52 bits per heavy atom. The van der Waals surface area contributed by atoms with E-state index in [2.05, 4.69) is 83.8 Å². The minimum atomic E-state index is 0.0571. The molecule has 0 amide bonds. The number of ether oxygens (including phenoxy) is 2. The van der Waals surface area contributed by atoms with Crippen molar-refractivity contribution in [3.63, 3.8) is 0 Å². The average molecular weight is 383 g/mol. The van der Waals surface area contributed by atoms with Gasteiger partial charge in [0.1, 0.15) is 12.4 Å². The molecule has 1 unspecified atom stereocenters. The molecule has 1 saturated heterocycles. The molecule has 146 valence electrons. The van der Waals surface area contributed by atoms with Crippen LogP contribution in [0.1, 0.15) is 22.3 Å². The molecular weight excluding hydrogens is 358 g/mol. The topological polar surface area (TPSA) is 21.7 Å². The first-order valence-electron chi connectivity index (χ1n) is 10.3. The van der Waals surface area contributed by atoms with Crippen molar-refractivity contribution in [2.24, 2.45) is 0 Å². The molecule has 0 aromatic heterocycles. The fraction of sp³-hybridized carbons (Fsp3) is 0.231. The van der Waals surface area contributed by atoms with Gasteiger partial charge in [-0.3, -0.25) is 4.90 Å². The lowest BCUT2D eigenvalue weighted by Crippen LogP contribution is -2.41. The zero-order chi connectivity index (χ0) is 19.5. The van der Waals surface area contributed by atoms with Gasteiger partial charge < -0.3 is 9.47 Å². The molecule has 1 atom stereocenters. The molecule has 3 aromatic carbocycles. The van der Waals surface area contributed by atoms with Crippen molar-refractivity contribution in [1.29, 1.82) is 0 Å². The fourth-order valence-corrected chi connectivity index (χ4v) is 4.21. The van der Waals surface area contributed by atoms with Crippen LogP contribution in [0, 0.1) is 0 Å². The van der Waals surface area contributed by atoms with E-state index in [-0.39, 0.29) is 6.10 Å². The van der Waals surface area contributed by atoms with Crippen LogP contribution in [0.2, 0.25) is 0 Å². The van der Waals surface area contributed by atoms with Gasteiger partial charge in [-0.15, -0.1) is 0 Å². The molecule has 2 aliphatic rings. The summed E-state index contributed by atoms with van der Waals surface area (Å²) in [6.07, 6.45) is 2.35. The number of hydrogen-bond donors (Lipinski definition) is 0. The maximum atomic E-state index is 6.16. The van der Waals surface area contributed by atoms with Crippen LogP contribution in [0.15, 0.2) is 84.9 Å². The molecule has 3 aromatic rings. The zero-order valence-electron chi connectivity index (χ0n) is 16.5. The van der Waals surface area contributed by atoms with Crippen LogP contribution in [-0.2, 0) is 17.9 Å². The molecule has 0 aliphatic carbocycles. The zero-order valence-corrected chi connectivity index (χ0v) is 16.5. The van der Waals surface area contributed by atoms with Crippen molar-refractivity contribution in [1.82, 2.24) is 4.90 Å². The molecule has 5 rings (SSSR count). The Labute approximate surface area is 172 Å². The first-order chi connectivity index (χ1) is 14.4. The van der Waals surface area contributed by atoms with Gasteiger partial charge in [-0.05, 0) is 34.4 Å². The summed E-state index contributed by atoms with van der Waals surface area (Å²) in [5.74, 6) is 0.937. The molecule has 3 heteroatoms. The van der Waals surface area contributed by atoms with E-state index in [9.17, 15) is 0 Å². The van der Waals surface area contributed by atoms with Crippen LogP contribution < -0.4 is 4.74 Å². The summed E-state index contributed by atoms with van der Waals surface area (Å²) in [5, 5.41) is 0. The number of morpholine rings is 1. The number of rotatable bonds is 3. The summed E-state index contributed by atoms with van der Waals surface area (Å²) < 4.78 is 12.3. The maximum Gasteiger partial charge on any atom is 0.127 e. The van der Waals surface area contributed by atoms with Crippen LogP contribution in [0.25, 0.3) is 5.57 Å². The Morgan fingerprint density at radius 1 is 0.862 bits per heavy atom. The highest BCUT2D eigenvalue weighted by Crippen LogP contribution is 2.37. The third kappa shape index (κ3) is 3.98. The third-order valence-electron chi connectivity index (χ3n) is 5.65. The van der Waals surface area contributed by atoms with E-state index in [4.69, 9.17) is 9.47 Å². The second-order valence-corrected chi connectivity index (χ2v) is 7.65. The van der Waals surface area contributed by atoms with Gasteiger partial charge in [-0.25, -0.2) is 0 Å². The molecule has 0 N–H and O–H groups in total. The molecule has 29 heavy (non-hydrogen) atoms. The number of hydrogen-bond acceptors (Lipinski definition) is 3. The molecule has 0 spiro atoms. The van der Waals surface area contributed by atoms with E-state index in [0.717, 1.165) is 37.6 Å². The second-order valence-electron chi connectivity index (χ2n) is 7.65. The normalized spacial score (nSPS) is 20.4. The monoisotopic (exact) mass is 383 g/mol. The Bertz CT molecular complexity index is 962. The van der Waals surface area contributed by atoms with E-state index in [1.807, 2.05) is 6.07 Å². The number of para-hydroxylation sites is 1. The molecule has 3 nitrogen and oxygen atoms in total. The van der Waals surface area contributed by atoms with Crippen molar-refractivity contribution in [2.75, 3.05) is 19.7 Å². The third-order valence-corrected chi connectivity index (χ3v) is 5.65. The predicted molar refractivity (Wildman–Crippen MR) is 116 cm³/mol. The molecule has 2 heterocycles. The Kier molecular flexibility index (Phi) is 5.16. The Hall–Kier alpha value is -2.88. The van der Waals surface area contributed by atoms with Crippen LogP contribution in [0.3, 0.4) is 0 Å². The van der Waals surface area contributed by atoms with E-state index in [1.54, 1.807) is 0 Å². The average Bonchev–Trinajstić information content (AvgIpc) is 2.92. The van der Waals surface area contributed by atoms with Crippen LogP contribution >= 0.6 is 0 Å². The van der Waals surface area contributed by atoms with Crippen LogP contribution in [0.4, 0.5) is 0 Å². The summed E-state index contributed by atoms with van der Waals surface area (Å²) in [7, 11) is 0. The first-order valence-corrected chi connectivity index (χ1v) is 10.3. The lowest BCUT2D eigenvalue weighted by molar-refractivity contribution is -0.00624. The second kappa shape index (κ2) is 8.24. The highest BCUT2D eigenvalue weighted by atomic mass is 16.5. The number of fused-ring (bicyclic) bond motifs is 2. The van der Waals surface area contributed by atoms with Gasteiger partial charge in [0.2, 0.25) is 0 Å². The minimum absolute atomic E-state index is 0.0571. The molecule has 2 aliphatic heterocycles. The van der Waals surface area contributed by atoms with Gasteiger partial charge in [0.05, 0.1) is 12.7 Å². The minimum Gasteiger partial charge on any atom is -0.488 e. The highest BCUT2D eigenvalue weighted by Gasteiger charge is 2.23. The van der Waals surface area contributed by atoms with Crippen LogP contribution in [-0.4, -0.2) is 30.7 Å². The van der Waals surface area contributed by atoms with E-state index in [0.29, 0.717) is 6.61 Å². The summed E-state index contributed by atoms with van der Waals surface area (Å²) in [6, 6.07) is 27.5. The van der Waals surface area contributed by atoms with E-state index < -0.39 is 0 Å². The van der Waals surface area contributed by atoms with E-state index in [1.165, 1.54) is 22.3 Å². The summed E-state index contributed by atoms with van der Waals surface area (Å²) >= 11 is 0.